The maximum absolute atomic E-state index is 14.0. The summed E-state index contributed by atoms with van der Waals surface area (Å²) in [4.78, 5) is 28.5. The topological polar surface area (TPSA) is 85.6 Å². The summed E-state index contributed by atoms with van der Waals surface area (Å²) in [6.45, 7) is 4.07. The minimum absolute atomic E-state index is 0.130. The quantitative estimate of drug-likeness (QED) is 0.504. The minimum atomic E-state index is -1.60. The van der Waals surface area contributed by atoms with Crippen molar-refractivity contribution >= 4 is 29.4 Å². The molecule has 0 saturated carbocycles. The van der Waals surface area contributed by atoms with Gasteiger partial charge >= 0.3 is 6.01 Å². The van der Waals surface area contributed by atoms with Crippen molar-refractivity contribution in [3.8, 4) is 12.1 Å². The molecule has 1 aromatic carbocycles. The van der Waals surface area contributed by atoms with E-state index in [-0.39, 0.29) is 11.8 Å². The number of nitrogens with zero attached hydrogens (tertiary/aromatic N) is 6. The van der Waals surface area contributed by atoms with Crippen molar-refractivity contribution in [2.24, 2.45) is 0 Å². The lowest BCUT2D eigenvalue weighted by Gasteiger charge is -2.43. The van der Waals surface area contributed by atoms with Crippen LogP contribution in [-0.4, -0.2) is 83.8 Å². The zero-order chi connectivity index (χ0) is 28.7. The number of benzene rings is 1. The Bertz CT molecular complexity index is 1410. The van der Waals surface area contributed by atoms with Crippen LogP contribution in [-0.2, 0) is 23.1 Å². The van der Waals surface area contributed by atoms with Gasteiger partial charge in [-0.3, -0.25) is 4.79 Å². The van der Waals surface area contributed by atoms with Crippen LogP contribution in [0.25, 0.3) is 6.08 Å². The van der Waals surface area contributed by atoms with Crippen molar-refractivity contribution in [2.75, 3.05) is 44.7 Å². The zero-order valence-electron chi connectivity index (χ0n) is 23.7. The standard InChI is InChI=1S/C31H36ClFN6O2/c1-20(33)29(40)39-16-15-38(18-21(39)10-13-34)28-24-9-12-31(11-8-23-25(31)6-3-7-26(23)32)17-27(24)35-30(36-28)41-19-22-5-4-14-37(22)2/h3,6-8,11,20-22H,4-5,9-10,12,14-19H2,1-2H3/t20?,21-,22-,31?/m0/s1. The summed E-state index contributed by atoms with van der Waals surface area (Å²) >= 11 is 6.55. The number of allylic oxidation sites excluding steroid dienone is 1. The summed E-state index contributed by atoms with van der Waals surface area (Å²) in [5.74, 6) is 0.239. The van der Waals surface area contributed by atoms with Crippen molar-refractivity contribution in [1.29, 1.82) is 5.26 Å². The molecule has 1 spiro atoms. The Morgan fingerprint density at radius 1 is 1.29 bits per heavy atom. The van der Waals surface area contributed by atoms with Gasteiger partial charge in [0.1, 0.15) is 12.4 Å². The third-order valence-electron chi connectivity index (χ3n) is 9.32. The van der Waals surface area contributed by atoms with Crippen LogP contribution in [0.15, 0.2) is 24.3 Å². The lowest BCUT2D eigenvalue weighted by Crippen LogP contribution is -2.57. The Labute approximate surface area is 245 Å². The highest BCUT2D eigenvalue weighted by Gasteiger charge is 2.42. The van der Waals surface area contributed by atoms with Gasteiger partial charge in [-0.05, 0) is 63.4 Å². The van der Waals surface area contributed by atoms with Gasteiger partial charge in [-0.15, -0.1) is 0 Å². The number of likely N-dealkylation sites (tertiary alicyclic amines) is 1. The molecule has 41 heavy (non-hydrogen) atoms. The smallest absolute Gasteiger partial charge is 0.318 e. The van der Waals surface area contributed by atoms with Gasteiger partial charge in [0, 0.05) is 48.1 Å². The molecule has 2 aromatic rings. The molecule has 3 heterocycles. The molecule has 2 aliphatic heterocycles. The maximum atomic E-state index is 14.0. The van der Waals surface area contributed by atoms with E-state index >= 15 is 0 Å². The fraction of sp³-hybridized carbons (Fsp3) is 0.548. The zero-order valence-corrected chi connectivity index (χ0v) is 24.4. The first-order chi connectivity index (χ1) is 19.8. The van der Waals surface area contributed by atoms with E-state index < -0.39 is 18.1 Å². The number of fused-ring (bicyclic) bond motifs is 3. The highest BCUT2D eigenvalue weighted by Crippen LogP contribution is 2.48. The van der Waals surface area contributed by atoms with E-state index in [2.05, 4.69) is 41.1 Å². The third kappa shape index (κ3) is 5.17. The van der Waals surface area contributed by atoms with Crippen molar-refractivity contribution in [1.82, 2.24) is 19.8 Å². The van der Waals surface area contributed by atoms with E-state index in [4.69, 9.17) is 26.3 Å². The van der Waals surface area contributed by atoms with Crippen LogP contribution < -0.4 is 9.64 Å². The number of carbonyl (C=O) groups is 1. The largest absolute Gasteiger partial charge is 0.462 e. The van der Waals surface area contributed by atoms with E-state index in [1.165, 1.54) is 17.4 Å². The number of piperazine rings is 1. The molecule has 6 rings (SSSR count). The summed E-state index contributed by atoms with van der Waals surface area (Å²) in [6, 6.07) is 8.56. The molecule has 0 bridgehead atoms. The van der Waals surface area contributed by atoms with E-state index in [0.29, 0.717) is 44.7 Å². The second kappa shape index (κ2) is 11.2. The van der Waals surface area contributed by atoms with Crippen molar-refractivity contribution in [3.05, 3.63) is 51.7 Å². The molecule has 0 radical (unpaired) electrons. The number of hydrogen-bond donors (Lipinski definition) is 0. The molecule has 2 saturated heterocycles. The van der Waals surface area contributed by atoms with Crippen LogP contribution in [0.2, 0.25) is 5.02 Å². The third-order valence-corrected chi connectivity index (χ3v) is 9.65. The average Bonchev–Trinajstić information content (AvgIpc) is 3.54. The van der Waals surface area contributed by atoms with E-state index in [1.54, 1.807) is 0 Å². The van der Waals surface area contributed by atoms with Crippen LogP contribution >= 0.6 is 11.6 Å². The molecule has 4 aliphatic rings. The van der Waals surface area contributed by atoms with Crippen molar-refractivity contribution < 1.29 is 13.9 Å². The van der Waals surface area contributed by atoms with E-state index in [1.807, 2.05) is 12.1 Å². The molecule has 1 amide bonds. The number of nitriles is 1. The predicted octanol–water partition coefficient (Wildman–Crippen LogP) is 4.35. The van der Waals surface area contributed by atoms with Gasteiger partial charge in [0.15, 0.2) is 6.17 Å². The molecule has 216 valence electrons. The van der Waals surface area contributed by atoms with E-state index in [9.17, 15) is 14.4 Å². The SMILES string of the molecule is CC(F)C(=O)N1CCN(c2nc(OC[C@@H]3CCCN3C)nc3c2CCC2(C=Cc4c(Cl)cccc42)C3)C[C@@H]1CC#N. The van der Waals surface area contributed by atoms with Gasteiger partial charge in [0.2, 0.25) is 0 Å². The fourth-order valence-electron chi connectivity index (χ4n) is 7.01. The van der Waals surface area contributed by atoms with Gasteiger partial charge in [0.05, 0.1) is 24.2 Å². The monoisotopic (exact) mass is 578 g/mol. The summed E-state index contributed by atoms with van der Waals surface area (Å²) in [6.07, 6.45) is 7.54. The molecular formula is C31H36ClFN6O2. The fourth-order valence-corrected chi connectivity index (χ4v) is 7.25. The molecule has 8 nitrogen and oxygen atoms in total. The Morgan fingerprint density at radius 2 is 2.15 bits per heavy atom. The Morgan fingerprint density at radius 3 is 2.90 bits per heavy atom. The van der Waals surface area contributed by atoms with Crippen molar-refractivity contribution in [2.45, 2.75) is 69.1 Å². The van der Waals surface area contributed by atoms with Crippen LogP contribution in [0.3, 0.4) is 0 Å². The summed E-state index contributed by atoms with van der Waals surface area (Å²) < 4.78 is 20.2. The molecule has 2 aliphatic carbocycles. The molecular weight excluding hydrogens is 543 g/mol. The molecule has 4 atom stereocenters. The van der Waals surface area contributed by atoms with E-state index in [0.717, 1.165) is 59.9 Å². The normalized spacial score (nSPS) is 26.1. The molecule has 2 unspecified atom stereocenters. The number of hydrogen-bond acceptors (Lipinski definition) is 7. The number of ether oxygens (including phenoxy) is 1. The van der Waals surface area contributed by atoms with Gasteiger partial charge in [-0.2, -0.15) is 15.2 Å². The van der Waals surface area contributed by atoms with Crippen LogP contribution in [0.4, 0.5) is 10.2 Å². The first-order valence-electron chi connectivity index (χ1n) is 14.6. The number of anilines is 1. The lowest BCUT2D eigenvalue weighted by molar-refractivity contribution is -0.138. The number of halogens is 2. The lowest BCUT2D eigenvalue weighted by atomic mass is 9.70. The van der Waals surface area contributed by atoms with Crippen molar-refractivity contribution in [3.63, 3.8) is 0 Å². The second-order valence-corrected chi connectivity index (χ2v) is 12.2. The van der Waals surface area contributed by atoms with Gasteiger partial charge in [-0.25, -0.2) is 4.39 Å². The first-order valence-corrected chi connectivity index (χ1v) is 14.9. The molecule has 0 N–H and O–H groups in total. The summed E-state index contributed by atoms with van der Waals surface area (Å²) in [7, 11) is 2.12. The highest BCUT2D eigenvalue weighted by molar-refractivity contribution is 6.32. The second-order valence-electron chi connectivity index (χ2n) is 11.8. The Balaban J connectivity index is 1.34. The average molecular weight is 579 g/mol. The molecule has 2 fully saturated rings. The van der Waals surface area contributed by atoms with Gasteiger partial charge < -0.3 is 19.4 Å². The number of likely N-dealkylation sites (N-methyl/N-ethyl adjacent to an activating group) is 1. The number of amides is 1. The predicted molar refractivity (Wildman–Crippen MR) is 156 cm³/mol. The number of alkyl halides is 1. The molecule has 10 heteroatoms. The first kappa shape index (κ1) is 27.9. The Kier molecular flexibility index (Phi) is 7.64. The summed E-state index contributed by atoms with van der Waals surface area (Å²) in [5, 5.41) is 10.3. The minimum Gasteiger partial charge on any atom is -0.462 e. The van der Waals surface area contributed by atoms with Gasteiger partial charge in [-0.1, -0.05) is 35.9 Å². The number of carbonyl (C=O) groups excluding carboxylic acids is 1. The van der Waals surface area contributed by atoms with Gasteiger partial charge in [0.25, 0.3) is 5.91 Å². The maximum Gasteiger partial charge on any atom is 0.318 e. The molecule has 1 aromatic heterocycles. The number of aromatic nitrogens is 2. The Hall–Kier alpha value is -3.22. The van der Waals surface area contributed by atoms with Crippen LogP contribution in [0, 0.1) is 11.3 Å². The van der Waals surface area contributed by atoms with Crippen LogP contribution in [0.1, 0.15) is 55.0 Å². The van der Waals surface area contributed by atoms with Crippen LogP contribution in [0.5, 0.6) is 6.01 Å². The number of rotatable bonds is 6. The highest BCUT2D eigenvalue weighted by atomic mass is 35.5. The summed E-state index contributed by atoms with van der Waals surface area (Å²) in [5.41, 5.74) is 4.16.